The van der Waals surface area contributed by atoms with E-state index >= 15 is 0 Å². The predicted octanol–water partition coefficient (Wildman–Crippen LogP) is 1.41. The third-order valence-electron chi connectivity index (χ3n) is 7.63. The highest BCUT2D eigenvalue weighted by molar-refractivity contribution is 7.91. The van der Waals surface area contributed by atoms with Gasteiger partial charge in [0.05, 0.1) is 17.6 Å². The van der Waals surface area contributed by atoms with E-state index < -0.39 is 16.4 Å². The first-order valence-electron chi connectivity index (χ1n) is 12.4. The maximum atomic E-state index is 12.9. The Morgan fingerprint density at radius 2 is 1.87 bits per heavy atom. The zero-order valence-electron chi connectivity index (χ0n) is 21.0. The molecule has 1 unspecified atom stereocenters. The van der Waals surface area contributed by atoms with Crippen LogP contribution in [0, 0.1) is 0 Å². The summed E-state index contributed by atoms with van der Waals surface area (Å²) in [5, 5.41) is 18.2. The Hall–Kier alpha value is -3.84. The van der Waals surface area contributed by atoms with Crippen molar-refractivity contribution in [1.82, 2.24) is 34.3 Å². The number of sulfone groups is 1. The summed E-state index contributed by atoms with van der Waals surface area (Å²) in [5.74, 6) is -0.486. The number of pyridine rings is 1. The maximum Gasteiger partial charge on any atom is 0.248 e. The van der Waals surface area contributed by atoms with E-state index in [-0.39, 0.29) is 34.6 Å². The molecule has 12 nitrogen and oxygen atoms in total. The molecule has 0 saturated carbocycles. The predicted molar refractivity (Wildman–Crippen MR) is 139 cm³/mol. The summed E-state index contributed by atoms with van der Waals surface area (Å²) >= 11 is 0. The van der Waals surface area contributed by atoms with Gasteiger partial charge >= 0.3 is 0 Å². The normalized spacial score (nSPS) is 21.3. The van der Waals surface area contributed by atoms with E-state index in [4.69, 9.17) is 10.7 Å². The van der Waals surface area contributed by atoms with Gasteiger partial charge in [0, 0.05) is 54.8 Å². The van der Waals surface area contributed by atoms with Gasteiger partial charge in [-0.15, -0.1) is 0 Å². The number of hydrogen-bond donors (Lipinski definition) is 2. The highest BCUT2D eigenvalue weighted by Gasteiger charge is 2.45. The smallest absolute Gasteiger partial charge is 0.248 e. The standard InChI is InChI=1S/C25H28N8O4S/c1-31-8-7-20(30-31)19-6-3-14(11-27-19)18-12-28-33-24(26)23(38(2,36)37)22(29-25(18)33)15-9-16-4-5-17(10-15)32(16)21(35)13-34/h3,6-8,11-12,15-17,34H,4-5,9-10,13,26H2,1-2H3/t15?,16-,17+. The Morgan fingerprint density at radius 3 is 2.45 bits per heavy atom. The molecule has 4 aromatic heterocycles. The van der Waals surface area contributed by atoms with Crippen molar-refractivity contribution in [2.24, 2.45) is 7.05 Å². The molecule has 3 N–H and O–H groups in total. The Bertz CT molecular complexity index is 1650. The van der Waals surface area contributed by atoms with Gasteiger partial charge in [0.25, 0.3) is 0 Å². The van der Waals surface area contributed by atoms with E-state index in [0.717, 1.165) is 36.0 Å². The average molecular weight is 537 g/mol. The van der Waals surface area contributed by atoms with Crippen molar-refractivity contribution in [2.75, 3.05) is 18.6 Å². The van der Waals surface area contributed by atoms with Gasteiger partial charge in [-0.2, -0.15) is 14.7 Å². The lowest BCUT2D eigenvalue weighted by Crippen LogP contribution is -2.47. The minimum Gasteiger partial charge on any atom is -0.387 e. The molecule has 3 atom stereocenters. The zero-order chi connectivity index (χ0) is 26.8. The van der Waals surface area contributed by atoms with Gasteiger partial charge in [0.1, 0.15) is 23.0 Å². The lowest BCUT2D eigenvalue weighted by Gasteiger charge is -2.39. The molecule has 4 aromatic rings. The molecule has 1 amide bonds. The van der Waals surface area contributed by atoms with Crippen LogP contribution in [0.15, 0.2) is 41.7 Å². The van der Waals surface area contributed by atoms with Gasteiger partial charge in [-0.3, -0.25) is 14.5 Å². The number of amides is 1. The number of carbonyl (C=O) groups is 1. The molecule has 6 rings (SSSR count). The van der Waals surface area contributed by atoms with Gasteiger partial charge < -0.3 is 15.7 Å². The molecule has 0 spiro atoms. The lowest BCUT2D eigenvalue weighted by molar-refractivity contribution is -0.138. The summed E-state index contributed by atoms with van der Waals surface area (Å²) in [6.45, 7) is -0.532. The summed E-state index contributed by atoms with van der Waals surface area (Å²) in [4.78, 5) is 23.5. The number of piperidine rings is 1. The molecule has 6 heterocycles. The molecule has 2 saturated heterocycles. The fourth-order valence-corrected chi connectivity index (χ4v) is 7.08. The highest BCUT2D eigenvalue weighted by Crippen LogP contribution is 2.45. The number of aliphatic hydroxyl groups is 1. The summed E-state index contributed by atoms with van der Waals surface area (Å²) in [5.41, 5.74) is 10.2. The minimum atomic E-state index is -3.73. The molecule has 2 fully saturated rings. The van der Waals surface area contributed by atoms with Crippen molar-refractivity contribution >= 4 is 27.2 Å². The van der Waals surface area contributed by atoms with Crippen LogP contribution in [0.5, 0.6) is 0 Å². The van der Waals surface area contributed by atoms with Crippen LogP contribution in [0.2, 0.25) is 0 Å². The number of aryl methyl sites for hydroxylation is 1. The third-order valence-corrected chi connectivity index (χ3v) is 8.79. The highest BCUT2D eigenvalue weighted by atomic mass is 32.2. The number of carbonyl (C=O) groups excluding carboxylic acids is 1. The van der Waals surface area contributed by atoms with Gasteiger partial charge in [0.15, 0.2) is 15.5 Å². The number of anilines is 1. The van der Waals surface area contributed by atoms with Gasteiger partial charge in [-0.25, -0.2) is 13.4 Å². The third kappa shape index (κ3) is 3.93. The molecule has 38 heavy (non-hydrogen) atoms. The van der Waals surface area contributed by atoms with E-state index in [9.17, 15) is 18.3 Å². The van der Waals surface area contributed by atoms with Crippen LogP contribution < -0.4 is 5.73 Å². The second-order valence-electron chi connectivity index (χ2n) is 10.1. The fourth-order valence-electron chi connectivity index (χ4n) is 6.02. The van der Waals surface area contributed by atoms with Crippen LogP contribution in [0.4, 0.5) is 5.82 Å². The van der Waals surface area contributed by atoms with E-state index in [1.54, 1.807) is 22.0 Å². The van der Waals surface area contributed by atoms with Crippen LogP contribution in [0.3, 0.4) is 0 Å². The number of nitrogens with two attached hydrogens (primary N) is 1. The van der Waals surface area contributed by atoms with Crippen molar-refractivity contribution in [3.05, 3.63) is 42.5 Å². The Kier molecular flexibility index (Phi) is 5.72. The first-order valence-corrected chi connectivity index (χ1v) is 14.3. The number of aromatic nitrogens is 6. The molecule has 2 aliphatic rings. The van der Waals surface area contributed by atoms with E-state index in [1.807, 2.05) is 31.4 Å². The SMILES string of the molecule is Cn1ccc(-c2ccc(-c3cnn4c(N)c(S(C)(=O)=O)c(C5C[C@H]6CC[C@@H](C5)N6C(=O)CO)nc34)cn2)n1. The van der Waals surface area contributed by atoms with Crippen molar-refractivity contribution in [3.63, 3.8) is 0 Å². The summed E-state index contributed by atoms with van der Waals surface area (Å²) in [6.07, 6.45) is 9.02. The zero-order valence-corrected chi connectivity index (χ0v) is 21.8. The van der Waals surface area contributed by atoms with Crippen LogP contribution in [0.1, 0.15) is 37.3 Å². The molecule has 0 aliphatic carbocycles. The van der Waals surface area contributed by atoms with Gasteiger partial charge in [-0.05, 0) is 37.8 Å². The Morgan fingerprint density at radius 1 is 1.13 bits per heavy atom. The first kappa shape index (κ1) is 24.5. The second-order valence-corrected chi connectivity index (χ2v) is 12.0. The maximum absolute atomic E-state index is 12.9. The van der Waals surface area contributed by atoms with Crippen molar-refractivity contribution in [2.45, 2.75) is 48.6 Å². The topological polar surface area (TPSA) is 162 Å². The fraction of sp³-hybridized carbons (Fsp3) is 0.400. The Balaban J connectivity index is 1.44. The number of fused-ring (bicyclic) bond motifs is 3. The minimum absolute atomic E-state index is 0.0121. The van der Waals surface area contributed by atoms with Crippen LogP contribution in [-0.2, 0) is 21.7 Å². The van der Waals surface area contributed by atoms with Gasteiger partial charge in [-0.1, -0.05) is 6.07 Å². The van der Waals surface area contributed by atoms with Crippen molar-refractivity contribution in [3.8, 4) is 22.5 Å². The largest absolute Gasteiger partial charge is 0.387 e. The molecular formula is C25H28N8O4S. The molecule has 2 aliphatic heterocycles. The van der Waals surface area contributed by atoms with Crippen molar-refractivity contribution < 1.29 is 18.3 Å². The van der Waals surface area contributed by atoms with Crippen LogP contribution in [0.25, 0.3) is 28.2 Å². The second kappa shape index (κ2) is 8.88. The number of rotatable bonds is 5. The average Bonchev–Trinajstić information content (AvgIpc) is 3.58. The lowest BCUT2D eigenvalue weighted by atomic mass is 9.87. The molecule has 198 valence electrons. The molecule has 2 bridgehead atoms. The summed E-state index contributed by atoms with van der Waals surface area (Å²) in [7, 11) is -1.89. The van der Waals surface area contributed by atoms with Gasteiger partial charge in [0.2, 0.25) is 5.91 Å². The number of hydrogen-bond acceptors (Lipinski definition) is 9. The summed E-state index contributed by atoms with van der Waals surface area (Å²) in [6, 6.07) is 5.50. The monoisotopic (exact) mass is 536 g/mol. The van der Waals surface area contributed by atoms with Crippen LogP contribution >= 0.6 is 0 Å². The van der Waals surface area contributed by atoms with Crippen molar-refractivity contribution in [1.29, 1.82) is 0 Å². The van der Waals surface area contributed by atoms with E-state index in [0.29, 0.717) is 29.7 Å². The number of aliphatic hydroxyl groups excluding tert-OH is 1. The molecule has 13 heteroatoms. The quantitative estimate of drug-likeness (QED) is 0.384. The molecular weight excluding hydrogens is 508 g/mol. The number of nitrogens with zero attached hydrogens (tertiary/aromatic N) is 7. The first-order chi connectivity index (χ1) is 18.2. The number of nitrogen functional groups attached to an aromatic ring is 1. The van der Waals surface area contributed by atoms with Crippen LogP contribution in [-0.4, -0.2) is 78.6 Å². The molecule has 0 radical (unpaired) electrons. The summed E-state index contributed by atoms with van der Waals surface area (Å²) < 4.78 is 28.9. The van der Waals surface area contributed by atoms with E-state index in [1.165, 1.54) is 4.52 Å². The van der Waals surface area contributed by atoms with E-state index in [2.05, 4.69) is 15.2 Å². The Labute approximate surface area is 219 Å². The molecule has 0 aromatic carbocycles.